The van der Waals surface area contributed by atoms with Gasteiger partial charge < -0.3 is 14.0 Å². The van der Waals surface area contributed by atoms with Crippen LogP contribution in [-0.2, 0) is 23.4 Å². The molecule has 1 aliphatic heterocycles. The molecule has 2 aromatic rings. The summed E-state index contributed by atoms with van der Waals surface area (Å²) in [4.78, 5) is 37.7. The molecule has 4 atom stereocenters. The molecule has 33 heavy (non-hydrogen) atoms. The van der Waals surface area contributed by atoms with Gasteiger partial charge in [0.15, 0.2) is 6.23 Å². The third-order valence-corrected chi connectivity index (χ3v) is 6.44. The molecule has 2 N–H and O–H groups in total. The zero-order valence-electron chi connectivity index (χ0n) is 18.0. The quantitative estimate of drug-likeness (QED) is 0.302. The molecule has 178 valence electrons. The zero-order valence-corrected chi connectivity index (χ0v) is 19.7. The number of nitrogens with zero attached hydrogens (tertiary/aromatic N) is 1. The van der Waals surface area contributed by atoms with Crippen molar-refractivity contribution >= 4 is 25.3 Å². The number of aromatic amines is 1. The van der Waals surface area contributed by atoms with Crippen LogP contribution in [0.15, 0.2) is 52.2 Å². The van der Waals surface area contributed by atoms with Crippen LogP contribution in [0.1, 0.15) is 18.7 Å². The molecule has 11 nitrogen and oxygen atoms in total. The molecule has 3 rings (SSSR count). The Labute approximate surface area is 193 Å². The van der Waals surface area contributed by atoms with Crippen molar-refractivity contribution < 1.29 is 27.9 Å². The Morgan fingerprint density at radius 1 is 1.36 bits per heavy atom. The van der Waals surface area contributed by atoms with Crippen LogP contribution in [0.2, 0.25) is 5.02 Å². The summed E-state index contributed by atoms with van der Waals surface area (Å²) in [5.74, 6) is -0.509. The lowest BCUT2D eigenvalue weighted by molar-refractivity contribution is -0.142. The maximum Gasteiger partial charge on any atom is 0.459 e. The molecular weight excluding hydrogens is 477 g/mol. The summed E-state index contributed by atoms with van der Waals surface area (Å²) >= 11 is 5.96. The number of carbonyl (C=O) groups excluding carboxylic acids is 1. The number of aromatic nitrogens is 2. The molecule has 0 aliphatic carbocycles. The molecule has 1 aromatic carbocycles. The molecule has 0 amide bonds. The third kappa shape index (κ3) is 6.43. The predicted octanol–water partition coefficient (Wildman–Crippen LogP) is 2.31. The van der Waals surface area contributed by atoms with Gasteiger partial charge in [-0.15, -0.1) is 0 Å². The number of carbonyl (C=O) groups is 1. The van der Waals surface area contributed by atoms with Crippen LogP contribution in [0.5, 0.6) is 5.75 Å². The lowest BCUT2D eigenvalue weighted by atomic mass is 10.3. The Morgan fingerprint density at radius 2 is 2.12 bits per heavy atom. The second-order valence-electron chi connectivity index (χ2n) is 7.14. The Kier molecular flexibility index (Phi) is 7.93. The Balaban J connectivity index is 1.71. The molecule has 0 spiro atoms. The van der Waals surface area contributed by atoms with Gasteiger partial charge in [-0.25, -0.2) is 9.36 Å². The maximum absolute atomic E-state index is 13.4. The number of rotatable bonds is 9. The van der Waals surface area contributed by atoms with E-state index in [1.54, 1.807) is 31.2 Å². The maximum atomic E-state index is 13.4. The van der Waals surface area contributed by atoms with Crippen molar-refractivity contribution in [3.63, 3.8) is 0 Å². The highest BCUT2D eigenvalue weighted by molar-refractivity contribution is 7.52. The molecule has 1 aromatic heterocycles. The molecule has 13 heteroatoms. The monoisotopic (exact) mass is 499 g/mol. The molecule has 0 saturated carbocycles. The van der Waals surface area contributed by atoms with Crippen LogP contribution in [0.4, 0.5) is 0 Å². The number of hydrogen-bond acceptors (Lipinski definition) is 8. The number of aryl methyl sites for hydroxylation is 1. The summed E-state index contributed by atoms with van der Waals surface area (Å²) in [5, 5.41) is 2.87. The highest BCUT2D eigenvalue weighted by atomic mass is 35.5. The first-order valence-electron chi connectivity index (χ1n) is 9.81. The number of H-pyrrole nitrogens is 1. The van der Waals surface area contributed by atoms with Crippen molar-refractivity contribution in [3.8, 4) is 5.75 Å². The minimum atomic E-state index is -4.09. The van der Waals surface area contributed by atoms with E-state index in [2.05, 4.69) is 14.8 Å². The highest BCUT2D eigenvalue weighted by Crippen LogP contribution is 2.45. The summed E-state index contributed by atoms with van der Waals surface area (Å²) in [7, 11) is -2.90. The van der Waals surface area contributed by atoms with Crippen molar-refractivity contribution in [2.45, 2.75) is 32.2 Å². The van der Waals surface area contributed by atoms with Crippen molar-refractivity contribution in [1.29, 1.82) is 0 Å². The number of halogens is 1. The van der Waals surface area contributed by atoms with Crippen molar-refractivity contribution in [1.82, 2.24) is 14.6 Å². The molecule has 2 unspecified atom stereocenters. The number of benzene rings is 1. The minimum Gasteiger partial charge on any atom is -0.468 e. The summed E-state index contributed by atoms with van der Waals surface area (Å²) < 4.78 is 36.1. The summed E-state index contributed by atoms with van der Waals surface area (Å²) in [5.41, 5.74) is -0.778. The smallest absolute Gasteiger partial charge is 0.459 e. The van der Waals surface area contributed by atoms with Crippen molar-refractivity contribution in [2.24, 2.45) is 0 Å². The van der Waals surface area contributed by atoms with E-state index in [1.807, 2.05) is 0 Å². The fourth-order valence-corrected chi connectivity index (χ4v) is 4.58. The van der Waals surface area contributed by atoms with Gasteiger partial charge in [0.1, 0.15) is 17.9 Å². The standard InChI is InChI=1S/C20H23ClN3O8P/c1-12-10-24(20(27)22-18(12)25)17-8-7-16(31-17)11-30-33(28,23-13(2)19(26)29-3)32-15-6-4-5-14(21)9-15/h4-10,13,16-17H,11H2,1-3H3,(H,23,28)(H,22,25,27)/t13?,16-,17+,33?/m0/s1. The molecule has 1 aliphatic rings. The van der Waals surface area contributed by atoms with E-state index in [1.165, 1.54) is 36.9 Å². The molecule has 2 heterocycles. The zero-order chi connectivity index (χ0) is 24.2. The number of methoxy groups -OCH3 is 1. The van der Waals surface area contributed by atoms with Gasteiger partial charge in [0.05, 0.1) is 13.7 Å². The van der Waals surface area contributed by atoms with Gasteiger partial charge in [-0.1, -0.05) is 23.7 Å². The highest BCUT2D eigenvalue weighted by Gasteiger charge is 2.34. The van der Waals surface area contributed by atoms with Gasteiger partial charge >= 0.3 is 19.4 Å². The lowest BCUT2D eigenvalue weighted by Gasteiger charge is -2.24. The van der Waals surface area contributed by atoms with E-state index in [-0.39, 0.29) is 12.4 Å². The Hall–Kier alpha value is -2.69. The largest absolute Gasteiger partial charge is 0.468 e. The van der Waals surface area contributed by atoms with Gasteiger partial charge in [-0.05, 0) is 38.1 Å². The molecular formula is C20H23ClN3O8P. The van der Waals surface area contributed by atoms with Gasteiger partial charge in [-0.2, -0.15) is 5.09 Å². The second kappa shape index (κ2) is 10.5. The van der Waals surface area contributed by atoms with Crippen LogP contribution >= 0.6 is 19.3 Å². The van der Waals surface area contributed by atoms with Crippen LogP contribution in [0, 0.1) is 6.92 Å². The topological polar surface area (TPSA) is 138 Å². The lowest BCUT2D eigenvalue weighted by Crippen LogP contribution is -2.35. The van der Waals surface area contributed by atoms with E-state index in [9.17, 15) is 18.9 Å². The van der Waals surface area contributed by atoms with Gasteiger partial charge in [0.2, 0.25) is 0 Å². The van der Waals surface area contributed by atoms with Gasteiger partial charge in [0.25, 0.3) is 5.56 Å². The third-order valence-electron chi connectivity index (χ3n) is 4.56. The molecule has 0 radical (unpaired) electrons. The number of ether oxygens (including phenoxy) is 2. The minimum absolute atomic E-state index is 0.159. The normalized spacial score (nSPS) is 20.2. The first kappa shape index (κ1) is 24.9. The fourth-order valence-electron chi connectivity index (χ4n) is 2.91. The number of hydrogen-bond donors (Lipinski definition) is 2. The first-order chi connectivity index (χ1) is 15.6. The van der Waals surface area contributed by atoms with Crippen LogP contribution in [0.25, 0.3) is 0 Å². The van der Waals surface area contributed by atoms with E-state index >= 15 is 0 Å². The van der Waals surface area contributed by atoms with E-state index in [4.69, 9.17) is 25.4 Å². The van der Waals surface area contributed by atoms with Crippen molar-refractivity contribution in [3.05, 3.63) is 74.0 Å². The predicted molar refractivity (Wildman–Crippen MR) is 119 cm³/mol. The summed E-state index contributed by atoms with van der Waals surface area (Å²) in [6.45, 7) is 2.77. The second-order valence-corrected chi connectivity index (χ2v) is 9.27. The van der Waals surface area contributed by atoms with Gasteiger partial charge in [-0.3, -0.25) is 23.7 Å². The summed E-state index contributed by atoms with van der Waals surface area (Å²) in [6, 6.07) is 5.18. The first-order valence-corrected chi connectivity index (χ1v) is 11.7. The van der Waals surface area contributed by atoms with Gasteiger partial charge in [0, 0.05) is 16.8 Å². The molecule has 0 bridgehead atoms. The van der Waals surface area contributed by atoms with E-state index in [0.29, 0.717) is 10.6 Å². The van der Waals surface area contributed by atoms with Crippen LogP contribution in [0.3, 0.4) is 0 Å². The van der Waals surface area contributed by atoms with E-state index in [0.717, 1.165) is 0 Å². The van der Waals surface area contributed by atoms with E-state index < -0.39 is 43.3 Å². The molecule has 0 fully saturated rings. The van der Waals surface area contributed by atoms with Crippen LogP contribution < -0.4 is 20.9 Å². The number of esters is 1. The molecule has 0 saturated heterocycles. The average Bonchev–Trinajstić information content (AvgIpc) is 3.23. The SMILES string of the molecule is COC(=O)C(C)NP(=O)(OC[C@@H]1C=C[C@H](n2cc(C)c(=O)[nH]c2=O)O1)Oc1cccc(Cl)c1. The Morgan fingerprint density at radius 3 is 2.82 bits per heavy atom. The average molecular weight is 500 g/mol. The number of nitrogens with one attached hydrogen (secondary N) is 2. The Bertz CT molecular complexity index is 1210. The summed E-state index contributed by atoms with van der Waals surface area (Å²) in [6.07, 6.45) is 3.11. The fraction of sp³-hybridized carbons (Fsp3) is 0.350. The van der Waals surface area contributed by atoms with Crippen molar-refractivity contribution in [2.75, 3.05) is 13.7 Å². The van der Waals surface area contributed by atoms with Crippen LogP contribution in [-0.4, -0.2) is 41.4 Å².